The van der Waals surface area contributed by atoms with Crippen molar-refractivity contribution in [1.82, 2.24) is 20.2 Å². The van der Waals surface area contributed by atoms with E-state index in [1.165, 1.54) is 4.80 Å². The summed E-state index contributed by atoms with van der Waals surface area (Å²) < 4.78 is 15.9. The highest BCUT2D eigenvalue weighted by Gasteiger charge is 2.36. The van der Waals surface area contributed by atoms with Crippen LogP contribution >= 0.6 is 0 Å². The molecule has 0 saturated heterocycles. The zero-order valence-electron chi connectivity index (χ0n) is 9.71. The molecule has 0 fully saturated rings. The van der Waals surface area contributed by atoms with Gasteiger partial charge in [0.25, 0.3) is 5.95 Å². The Morgan fingerprint density at radius 3 is 2.31 bits per heavy atom. The van der Waals surface area contributed by atoms with Crippen molar-refractivity contribution in [2.45, 2.75) is 19.0 Å². The van der Waals surface area contributed by atoms with Gasteiger partial charge in [0.2, 0.25) is 0 Å². The van der Waals surface area contributed by atoms with Crippen molar-refractivity contribution in [3.05, 3.63) is 0 Å². The molecule has 1 aromatic rings. The van der Waals surface area contributed by atoms with Gasteiger partial charge in [0.05, 0.1) is 6.54 Å². The number of nitrogens with two attached hydrogens (primary N) is 1. The molecule has 0 aliphatic heterocycles. The van der Waals surface area contributed by atoms with E-state index in [0.717, 1.165) is 6.42 Å². The van der Waals surface area contributed by atoms with Crippen LogP contribution < -0.4 is 5.73 Å². The highest BCUT2D eigenvalue weighted by atomic mass is 28.4. The highest BCUT2D eigenvalue weighted by molar-refractivity contribution is 6.60. The lowest BCUT2D eigenvalue weighted by molar-refractivity contribution is 0.122. The van der Waals surface area contributed by atoms with Gasteiger partial charge in [0.15, 0.2) is 0 Å². The fourth-order valence-electron chi connectivity index (χ4n) is 1.34. The first-order valence-electron chi connectivity index (χ1n) is 4.84. The van der Waals surface area contributed by atoms with Gasteiger partial charge in [-0.2, -0.15) is 4.80 Å². The van der Waals surface area contributed by atoms with E-state index in [-0.39, 0.29) is 5.95 Å². The predicted octanol–water partition coefficient (Wildman–Crippen LogP) is -0.476. The lowest BCUT2D eigenvalue weighted by atomic mass is 10.5. The van der Waals surface area contributed by atoms with Gasteiger partial charge in [-0.1, -0.05) is 5.10 Å². The minimum Gasteiger partial charge on any atom is -0.377 e. The quantitative estimate of drug-likeness (QED) is 0.650. The van der Waals surface area contributed by atoms with Crippen LogP contribution in [-0.4, -0.2) is 50.3 Å². The average molecular weight is 247 g/mol. The molecule has 0 atom stereocenters. The third-order valence-corrected chi connectivity index (χ3v) is 5.07. The van der Waals surface area contributed by atoms with Crippen molar-refractivity contribution >= 4 is 14.8 Å². The smallest absolute Gasteiger partial charge is 0.377 e. The number of aromatic nitrogens is 4. The molecule has 0 bridgehead atoms. The number of tetrazole rings is 1. The van der Waals surface area contributed by atoms with E-state index in [1.807, 2.05) is 0 Å². The van der Waals surface area contributed by atoms with E-state index in [9.17, 15) is 0 Å². The molecule has 0 aromatic carbocycles. The molecule has 1 aromatic heterocycles. The molecule has 2 N–H and O–H groups in total. The number of hydrogen-bond donors (Lipinski definition) is 1. The Kier molecular flexibility index (Phi) is 4.80. The maximum atomic E-state index is 5.34. The molecule has 0 aliphatic rings. The van der Waals surface area contributed by atoms with Crippen LogP contribution in [0.5, 0.6) is 0 Å². The third-order valence-electron chi connectivity index (χ3n) is 2.24. The summed E-state index contributed by atoms with van der Waals surface area (Å²) in [6, 6.07) is 0.692. The summed E-state index contributed by atoms with van der Waals surface area (Å²) in [5, 5.41) is 11.2. The summed E-state index contributed by atoms with van der Waals surface area (Å²) in [7, 11) is 2.28. The van der Waals surface area contributed by atoms with Crippen molar-refractivity contribution in [3.8, 4) is 0 Å². The maximum absolute atomic E-state index is 5.34. The second kappa shape index (κ2) is 5.89. The molecule has 0 radical (unpaired) electrons. The summed E-state index contributed by atoms with van der Waals surface area (Å²) in [5.41, 5.74) is 5.34. The van der Waals surface area contributed by atoms with Crippen molar-refractivity contribution in [1.29, 1.82) is 0 Å². The molecule has 8 nitrogen and oxygen atoms in total. The average Bonchev–Trinajstić information content (AvgIpc) is 2.71. The Balaban J connectivity index is 2.39. The number of hydrogen-bond acceptors (Lipinski definition) is 7. The van der Waals surface area contributed by atoms with Gasteiger partial charge in [-0.05, 0) is 11.6 Å². The first kappa shape index (κ1) is 13.0. The summed E-state index contributed by atoms with van der Waals surface area (Å²) >= 11 is 0. The Hall–Kier alpha value is -1.03. The molecule has 16 heavy (non-hydrogen) atoms. The van der Waals surface area contributed by atoms with E-state index >= 15 is 0 Å². The fourth-order valence-corrected chi connectivity index (χ4v) is 3.05. The molecule has 0 unspecified atom stereocenters. The third kappa shape index (κ3) is 3.23. The number of aryl methyl sites for hydroxylation is 1. The van der Waals surface area contributed by atoms with Crippen LogP contribution in [0.2, 0.25) is 6.04 Å². The SMILES string of the molecule is CO[Si](CCCn1nnc(N)n1)(OC)OC. The lowest BCUT2D eigenvalue weighted by Gasteiger charge is -2.23. The number of rotatable bonds is 7. The zero-order valence-corrected chi connectivity index (χ0v) is 10.7. The molecular weight excluding hydrogens is 230 g/mol. The second-order valence-electron chi connectivity index (χ2n) is 3.14. The monoisotopic (exact) mass is 247 g/mol. The fraction of sp³-hybridized carbons (Fsp3) is 0.857. The van der Waals surface area contributed by atoms with E-state index in [1.54, 1.807) is 21.3 Å². The van der Waals surface area contributed by atoms with Crippen LogP contribution in [0.25, 0.3) is 0 Å². The van der Waals surface area contributed by atoms with Gasteiger partial charge in [-0.25, -0.2) is 0 Å². The molecule has 0 spiro atoms. The van der Waals surface area contributed by atoms with Crippen molar-refractivity contribution < 1.29 is 13.3 Å². The zero-order chi connectivity index (χ0) is 12.0. The molecule has 0 aliphatic carbocycles. The van der Waals surface area contributed by atoms with Crippen molar-refractivity contribution in [2.24, 2.45) is 0 Å². The first-order chi connectivity index (χ1) is 7.65. The van der Waals surface area contributed by atoms with Crippen LogP contribution in [0, 0.1) is 0 Å². The molecule has 9 heteroatoms. The van der Waals surface area contributed by atoms with Crippen LogP contribution in [0.4, 0.5) is 5.95 Å². The minimum absolute atomic E-state index is 0.175. The van der Waals surface area contributed by atoms with Gasteiger partial charge in [0.1, 0.15) is 0 Å². The molecule has 0 saturated carbocycles. The Labute approximate surface area is 95.0 Å². The molecule has 1 rings (SSSR count). The lowest BCUT2D eigenvalue weighted by Crippen LogP contribution is -2.42. The Morgan fingerprint density at radius 1 is 1.25 bits per heavy atom. The number of nitrogen functional groups attached to an aromatic ring is 1. The number of nitrogens with zero attached hydrogens (tertiary/aromatic N) is 4. The summed E-state index contributed by atoms with van der Waals surface area (Å²) in [5.74, 6) is 0.175. The Morgan fingerprint density at radius 2 is 1.88 bits per heavy atom. The molecule has 1 heterocycles. The van der Waals surface area contributed by atoms with Crippen LogP contribution in [-0.2, 0) is 19.8 Å². The van der Waals surface area contributed by atoms with Crippen LogP contribution in [0.1, 0.15) is 6.42 Å². The van der Waals surface area contributed by atoms with E-state index in [2.05, 4.69) is 15.4 Å². The topological polar surface area (TPSA) is 97.3 Å². The van der Waals surface area contributed by atoms with Gasteiger partial charge >= 0.3 is 8.80 Å². The predicted molar refractivity (Wildman–Crippen MR) is 58.4 cm³/mol. The van der Waals surface area contributed by atoms with Crippen LogP contribution in [0.3, 0.4) is 0 Å². The highest BCUT2D eigenvalue weighted by Crippen LogP contribution is 2.15. The molecule has 0 amide bonds. The van der Waals surface area contributed by atoms with Gasteiger partial charge < -0.3 is 19.0 Å². The minimum atomic E-state index is -2.49. The number of anilines is 1. The second-order valence-corrected chi connectivity index (χ2v) is 6.23. The Bertz CT molecular complexity index is 308. The van der Waals surface area contributed by atoms with E-state index in [4.69, 9.17) is 19.0 Å². The summed E-state index contributed by atoms with van der Waals surface area (Å²) in [4.78, 5) is 1.44. The normalized spacial score (nSPS) is 11.9. The van der Waals surface area contributed by atoms with Crippen molar-refractivity contribution in [2.75, 3.05) is 27.1 Å². The molecule has 92 valence electrons. The van der Waals surface area contributed by atoms with Gasteiger partial charge in [-0.15, -0.1) is 5.10 Å². The van der Waals surface area contributed by atoms with E-state index in [0.29, 0.717) is 12.6 Å². The van der Waals surface area contributed by atoms with Gasteiger partial charge in [-0.3, -0.25) is 0 Å². The van der Waals surface area contributed by atoms with Gasteiger partial charge in [0, 0.05) is 27.4 Å². The van der Waals surface area contributed by atoms with Crippen LogP contribution in [0.15, 0.2) is 0 Å². The van der Waals surface area contributed by atoms with Crippen molar-refractivity contribution in [3.63, 3.8) is 0 Å². The standard InChI is InChI=1S/C7H17N5O3Si/c1-13-16(14-2,15-3)6-4-5-12-10-7(8)9-11-12/h4-6H2,1-3H3,(H2,8,10). The largest absolute Gasteiger partial charge is 0.500 e. The first-order valence-corrected chi connectivity index (χ1v) is 6.77. The summed E-state index contributed by atoms with van der Waals surface area (Å²) in [6.45, 7) is 0.606. The van der Waals surface area contributed by atoms with E-state index < -0.39 is 8.80 Å². The maximum Gasteiger partial charge on any atom is 0.500 e. The molecular formula is C7H17N5O3Si. The summed E-state index contributed by atoms with van der Waals surface area (Å²) in [6.07, 6.45) is 0.775.